The molecule has 0 bridgehead atoms. The Bertz CT molecular complexity index is 768. The summed E-state index contributed by atoms with van der Waals surface area (Å²) in [5, 5.41) is 3.48. The second-order valence-electron chi connectivity index (χ2n) is 7.52. The molecule has 4 nitrogen and oxygen atoms in total. The Morgan fingerprint density at radius 2 is 1.64 bits per heavy atom. The van der Waals surface area contributed by atoms with E-state index < -0.39 is 0 Å². The molecule has 0 aliphatic carbocycles. The minimum Gasteiger partial charge on any atom is -0.322 e. The lowest BCUT2D eigenvalue weighted by molar-refractivity contribution is 0.102. The fourth-order valence-electron chi connectivity index (χ4n) is 3.42. The highest BCUT2D eigenvalue weighted by Crippen LogP contribution is 2.27. The van der Waals surface area contributed by atoms with Crippen molar-refractivity contribution < 1.29 is 4.79 Å². The van der Waals surface area contributed by atoms with E-state index in [2.05, 4.69) is 48.0 Å². The second kappa shape index (κ2) is 10.1. The molecular formula is C23H31N3OS. The second-order valence-corrected chi connectivity index (χ2v) is 9.14. The molecule has 1 aliphatic rings. The third-order valence-electron chi connectivity index (χ3n) is 5.02. The summed E-state index contributed by atoms with van der Waals surface area (Å²) in [4.78, 5) is 18.8. The smallest absolute Gasteiger partial charge is 0.256 e. The van der Waals surface area contributed by atoms with Crippen LogP contribution >= 0.6 is 11.8 Å². The van der Waals surface area contributed by atoms with E-state index in [0.717, 1.165) is 55.4 Å². The summed E-state index contributed by atoms with van der Waals surface area (Å²) >= 11 is 1.72. The first kappa shape index (κ1) is 20.9. The maximum absolute atomic E-state index is 12.7. The highest BCUT2D eigenvalue weighted by atomic mass is 32.2. The molecular weight excluding hydrogens is 366 g/mol. The van der Waals surface area contributed by atoms with Gasteiger partial charge in [-0.2, -0.15) is 0 Å². The van der Waals surface area contributed by atoms with Gasteiger partial charge in [-0.15, -0.1) is 11.8 Å². The topological polar surface area (TPSA) is 35.6 Å². The van der Waals surface area contributed by atoms with Crippen LogP contribution in [-0.4, -0.2) is 53.7 Å². The molecule has 150 valence electrons. The molecule has 0 radical (unpaired) electrons. The van der Waals surface area contributed by atoms with Crippen molar-refractivity contribution in [3.05, 3.63) is 59.7 Å². The lowest BCUT2D eigenvalue weighted by Crippen LogP contribution is -2.45. The molecule has 3 rings (SSSR count). The van der Waals surface area contributed by atoms with E-state index in [1.807, 2.05) is 36.4 Å². The van der Waals surface area contributed by atoms with Crippen LogP contribution in [0.2, 0.25) is 0 Å². The first-order chi connectivity index (χ1) is 13.5. The summed E-state index contributed by atoms with van der Waals surface area (Å²) in [6.07, 6.45) is 0. The summed E-state index contributed by atoms with van der Waals surface area (Å²) < 4.78 is 0. The lowest BCUT2D eigenvalue weighted by atomic mass is 10.1. The Morgan fingerprint density at radius 3 is 2.29 bits per heavy atom. The van der Waals surface area contributed by atoms with Gasteiger partial charge in [0.25, 0.3) is 5.91 Å². The van der Waals surface area contributed by atoms with Crippen LogP contribution in [0.25, 0.3) is 0 Å². The average molecular weight is 398 g/mol. The Labute approximate surface area is 173 Å². The van der Waals surface area contributed by atoms with E-state index >= 15 is 0 Å². The van der Waals surface area contributed by atoms with Crippen LogP contribution in [0.3, 0.4) is 0 Å². The predicted molar refractivity (Wildman–Crippen MR) is 119 cm³/mol. The molecule has 1 amide bonds. The fraction of sp³-hybridized carbons (Fsp3) is 0.435. The van der Waals surface area contributed by atoms with Crippen LogP contribution in [0, 0.1) is 0 Å². The van der Waals surface area contributed by atoms with Crippen molar-refractivity contribution in [2.24, 2.45) is 0 Å². The molecule has 1 saturated heterocycles. The van der Waals surface area contributed by atoms with Gasteiger partial charge < -0.3 is 10.2 Å². The van der Waals surface area contributed by atoms with Crippen LogP contribution in [0.15, 0.2) is 53.4 Å². The number of thioether (sulfide) groups is 1. The highest BCUT2D eigenvalue weighted by molar-refractivity contribution is 8.00. The molecule has 0 saturated carbocycles. The van der Waals surface area contributed by atoms with E-state index in [-0.39, 0.29) is 5.91 Å². The summed E-state index contributed by atoms with van der Waals surface area (Å²) in [6, 6.07) is 16.1. The molecule has 1 N–H and O–H groups in total. The number of hydrogen-bond donors (Lipinski definition) is 1. The van der Waals surface area contributed by atoms with E-state index in [4.69, 9.17) is 0 Å². The number of carbonyl (C=O) groups excluding carboxylic acids is 1. The quantitative estimate of drug-likeness (QED) is 0.694. The van der Waals surface area contributed by atoms with Crippen LogP contribution in [0.1, 0.15) is 36.7 Å². The van der Waals surface area contributed by atoms with Gasteiger partial charge in [0.1, 0.15) is 0 Å². The van der Waals surface area contributed by atoms with Gasteiger partial charge in [0.05, 0.1) is 5.56 Å². The highest BCUT2D eigenvalue weighted by Gasteiger charge is 2.16. The zero-order valence-corrected chi connectivity index (χ0v) is 18.0. The predicted octanol–water partition coefficient (Wildman–Crippen LogP) is 4.58. The maximum atomic E-state index is 12.7. The fourth-order valence-corrected chi connectivity index (χ4v) is 4.38. The SMILES string of the molecule is CCN1CCN(Cc2ccc(NC(=O)c3ccccc3SC(C)C)cc2)CC1. The lowest BCUT2D eigenvalue weighted by Gasteiger charge is -2.34. The number of piperazine rings is 1. The van der Waals surface area contributed by atoms with Crippen molar-refractivity contribution in [1.29, 1.82) is 0 Å². The van der Waals surface area contributed by atoms with Crippen LogP contribution in [-0.2, 0) is 6.54 Å². The standard InChI is InChI=1S/C23H31N3OS/c1-4-25-13-15-26(16-14-25)17-19-9-11-20(12-10-19)24-23(27)21-7-5-6-8-22(21)28-18(2)3/h5-12,18H,4,13-17H2,1-3H3,(H,24,27). The minimum atomic E-state index is -0.0489. The van der Waals surface area contributed by atoms with Crippen molar-refractivity contribution >= 4 is 23.4 Å². The van der Waals surface area contributed by atoms with Gasteiger partial charge in [-0.3, -0.25) is 9.69 Å². The van der Waals surface area contributed by atoms with Crippen LogP contribution < -0.4 is 5.32 Å². The number of anilines is 1. The number of benzene rings is 2. The van der Waals surface area contributed by atoms with Crippen molar-refractivity contribution in [3.63, 3.8) is 0 Å². The van der Waals surface area contributed by atoms with Gasteiger partial charge in [-0.25, -0.2) is 0 Å². The van der Waals surface area contributed by atoms with Gasteiger partial charge >= 0.3 is 0 Å². The van der Waals surface area contributed by atoms with Crippen LogP contribution in [0.4, 0.5) is 5.69 Å². The molecule has 2 aromatic carbocycles. The van der Waals surface area contributed by atoms with Crippen molar-refractivity contribution in [2.45, 2.75) is 37.5 Å². The van der Waals surface area contributed by atoms with E-state index in [1.54, 1.807) is 11.8 Å². The summed E-state index contributed by atoms with van der Waals surface area (Å²) in [6.45, 7) is 13.2. The van der Waals surface area contributed by atoms with Gasteiger partial charge in [0.15, 0.2) is 0 Å². The van der Waals surface area contributed by atoms with Crippen molar-refractivity contribution in [2.75, 3.05) is 38.0 Å². The monoisotopic (exact) mass is 397 g/mol. The molecule has 28 heavy (non-hydrogen) atoms. The molecule has 0 unspecified atom stereocenters. The number of nitrogens with one attached hydrogen (secondary N) is 1. The van der Waals surface area contributed by atoms with E-state index in [9.17, 15) is 4.79 Å². The maximum Gasteiger partial charge on any atom is 0.256 e. The molecule has 5 heteroatoms. The minimum absolute atomic E-state index is 0.0489. The Hall–Kier alpha value is -1.82. The molecule has 0 atom stereocenters. The molecule has 0 spiro atoms. The van der Waals surface area contributed by atoms with Crippen molar-refractivity contribution in [3.8, 4) is 0 Å². The molecule has 1 fully saturated rings. The number of rotatable bonds is 7. The number of hydrogen-bond acceptors (Lipinski definition) is 4. The summed E-state index contributed by atoms with van der Waals surface area (Å²) in [5.41, 5.74) is 2.87. The van der Waals surface area contributed by atoms with Gasteiger partial charge in [-0.1, -0.05) is 45.0 Å². The zero-order chi connectivity index (χ0) is 19.9. The first-order valence-electron chi connectivity index (χ1n) is 10.2. The van der Waals surface area contributed by atoms with Gasteiger partial charge in [0.2, 0.25) is 0 Å². The van der Waals surface area contributed by atoms with Gasteiger partial charge in [-0.05, 0) is 36.4 Å². The number of carbonyl (C=O) groups is 1. The van der Waals surface area contributed by atoms with E-state index in [0.29, 0.717) is 5.25 Å². The average Bonchev–Trinajstić information content (AvgIpc) is 2.70. The van der Waals surface area contributed by atoms with E-state index in [1.165, 1.54) is 5.56 Å². The Morgan fingerprint density at radius 1 is 1.00 bits per heavy atom. The number of nitrogens with zero attached hydrogens (tertiary/aromatic N) is 2. The molecule has 1 heterocycles. The van der Waals surface area contributed by atoms with Crippen molar-refractivity contribution in [1.82, 2.24) is 9.80 Å². The largest absolute Gasteiger partial charge is 0.322 e. The van der Waals surface area contributed by atoms with Gasteiger partial charge in [0, 0.05) is 48.6 Å². The number of likely N-dealkylation sites (N-methyl/N-ethyl adjacent to an activating group) is 1. The Kier molecular flexibility index (Phi) is 7.54. The third kappa shape index (κ3) is 5.84. The summed E-state index contributed by atoms with van der Waals surface area (Å²) in [5.74, 6) is -0.0489. The number of amides is 1. The molecule has 1 aliphatic heterocycles. The summed E-state index contributed by atoms with van der Waals surface area (Å²) in [7, 11) is 0. The third-order valence-corrected chi connectivity index (χ3v) is 6.11. The molecule has 0 aromatic heterocycles. The Balaban J connectivity index is 1.58. The first-order valence-corrected chi connectivity index (χ1v) is 11.0. The normalized spacial score (nSPS) is 15.7. The zero-order valence-electron chi connectivity index (χ0n) is 17.1. The molecule has 2 aromatic rings. The van der Waals surface area contributed by atoms with Crippen LogP contribution in [0.5, 0.6) is 0 Å².